The van der Waals surface area contributed by atoms with E-state index in [1.807, 2.05) is 49.9 Å². The van der Waals surface area contributed by atoms with Gasteiger partial charge in [0.15, 0.2) is 15.0 Å². The molecule has 0 saturated carbocycles. The summed E-state index contributed by atoms with van der Waals surface area (Å²) < 4.78 is 24.0. The Kier molecular flexibility index (Phi) is 4.75. The molecule has 0 aromatic heterocycles. The lowest BCUT2D eigenvalue weighted by molar-refractivity contribution is -0.118. The first-order valence-corrected chi connectivity index (χ1v) is 10.8. The summed E-state index contributed by atoms with van der Waals surface area (Å²) in [7, 11) is -3.03. The first kappa shape index (κ1) is 17.5. The molecule has 0 aliphatic carbocycles. The van der Waals surface area contributed by atoms with Crippen LogP contribution in [0.1, 0.15) is 25.8 Å². The minimum absolute atomic E-state index is 0.0545. The fourth-order valence-corrected chi connectivity index (χ4v) is 7.08. The largest absolute Gasteiger partial charge is 0.316 e. The van der Waals surface area contributed by atoms with Gasteiger partial charge in [0, 0.05) is 17.4 Å². The van der Waals surface area contributed by atoms with Crippen LogP contribution in [0.5, 0.6) is 0 Å². The zero-order chi connectivity index (χ0) is 17.5. The molecule has 2 aliphatic heterocycles. The summed E-state index contributed by atoms with van der Waals surface area (Å²) in [5.41, 5.74) is 2.00. The monoisotopic (exact) mass is 366 g/mol. The highest BCUT2D eigenvalue weighted by molar-refractivity contribution is 8.16. The van der Waals surface area contributed by atoms with Crippen LogP contribution >= 0.6 is 11.8 Å². The van der Waals surface area contributed by atoms with Gasteiger partial charge in [0.1, 0.15) is 0 Å². The van der Waals surface area contributed by atoms with E-state index in [2.05, 4.69) is 4.99 Å². The average Bonchev–Trinajstić information content (AvgIpc) is 2.88. The zero-order valence-electron chi connectivity index (χ0n) is 14.1. The number of anilines is 1. The Morgan fingerprint density at radius 3 is 2.79 bits per heavy atom. The van der Waals surface area contributed by atoms with Crippen molar-refractivity contribution in [3.8, 4) is 0 Å². The van der Waals surface area contributed by atoms with Crippen LogP contribution in [0, 0.1) is 12.8 Å². The third kappa shape index (κ3) is 3.67. The van der Waals surface area contributed by atoms with Gasteiger partial charge in [0.2, 0.25) is 5.91 Å². The van der Waals surface area contributed by atoms with E-state index in [9.17, 15) is 13.2 Å². The van der Waals surface area contributed by atoms with Gasteiger partial charge >= 0.3 is 0 Å². The van der Waals surface area contributed by atoms with Crippen LogP contribution < -0.4 is 4.90 Å². The minimum atomic E-state index is -3.03. The number of carbonyl (C=O) groups is 1. The Labute approximate surface area is 147 Å². The molecule has 2 saturated heterocycles. The summed E-state index contributed by atoms with van der Waals surface area (Å²) in [5, 5.41) is 0.581. The summed E-state index contributed by atoms with van der Waals surface area (Å²) in [6.45, 7) is 5.97. The summed E-state index contributed by atoms with van der Waals surface area (Å²) in [4.78, 5) is 18.4. The highest BCUT2D eigenvalue weighted by Crippen LogP contribution is 2.41. The van der Waals surface area contributed by atoms with Gasteiger partial charge in [-0.1, -0.05) is 37.7 Å². The van der Waals surface area contributed by atoms with Gasteiger partial charge in [-0.15, -0.1) is 0 Å². The van der Waals surface area contributed by atoms with Gasteiger partial charge < -0.3 is 4.90 Å². The van der Waals surface area contributed by atoms with Crippen molar-refractivity contribution in [1.29, 1.82) is 0 Å². The second kappa shape index (κ2) is 6.52. The topological polar surface area (TPSA) is 66.8 Å². The molecule has 3 rings (SSSR count). The number of nitrogens with zero attached hydrogens (tertiary/aromatic N) is 2. The third-order valence-electron chi connectivity index (χ3n) is 4.15. The zero-order valence-corrected chi connectivity index (χ0v) is 15.7. The van der Waals surface area contributed by atoms with Crippen LogP contribution in [0.2, 0.25) is 0 Å². The number of sulfone groups is 1. The van der Waals surface area contributed by atoms with Crippen molar-refractivity contribution in [2.24, 2.45) is 10.9 Å². The molecule has 0 N–H and O–H groups in total. The number of rotatable bonds is 3. The van der Waals surface area contributed by atoms with Crippen LogP contribution in [0.4, 0.5) is 5.69 Å². The molecule has 1 aromatic rings. The van der Waals surface area contributed by atoms with Crippen LogP contribution in [0.25, 0.3) is 0 Å². The van der Waals surface area contributed by atoms with Crippen molar-refractivity contribution in [2.75, 3.05) is 16.4 Å². The molecular weight excluding hydrogens is 344 g/mol. The number of carbonyl (C=O) groups excluding carboxylic acids is 1. The third-order valence-corrected chi connectivity index (χ3v) is 7.36. The Hall–Kier alpha value is -1.34. The van der Waals surface area contributed by atoms with Crippen molar-refractivity contribution in [3.05, 3.63) is 29.8 Å². The molecule has 0 unspecified atom stereocenters. The summed E-state index contributed by atoms with van der Waals surface area (Å²) in [6.07, 6.45) is 0.402. The van der Waals surface area contributed by atoms with Crippen molar-refractivity contribution in [1.82, 2.24) is 0 Å². The summed E-state index contributed by atoms with van der Waals surface area (Å²) in [6, 6.07) is 7.75. The highest BCUT2D eigenvalue weighted by atomic mass is 32.2. The first-order chi connectivity index (χ1) is 11.2. The maximum absolute atomic E-state index is 12.2. The van der Waals surface area contributed by atoms with Gasteiger partial charge in [-0.25, -0.2) is 8.42 Å². The van der Waals surface area contributed by atoms with Crippen molar-refractivity contribution < 1.29 is 13.2 Å². The molecule has 0 radical (unpaired) electrons. The number of benzene rings is 1. The summed E-state index contributed by atoms with van der Waals surface area (Å²) in [5.74, 6) is 0.381. The van der Waals surface area contributed by atoms with Gasteiger partial charge in [-0.05, 0) is 30.5 Å². The SMILES string of the molecule is Cc1cccc(N2C(=NC(=O)CC(C)C)S[C@H]3CS(=O)(=O)C[C@@H]32)c1. The molecule has 0 bridgehead atoms. The standard InChI is InChI=1S/C17H22N2O3S2/c1-11(2)7-16(20)18-17-19(13-6-4-5-12(3)8-13)14-9-24(21,22)10-15(14)23-17/h4-6,8,11,14-15H,7,9-10H2,1-3H3/t14-,15-/m0/s1. The molecule has 2 heterocycles. The van der Waals surface area contributed by atoms with E-state index in [0.29, 0.717) is 11.6 Å². The number of amidine groups is 1. The number of thioether (sulfide) groups is 1. The Balaban J connectivity index is 1.97. The number of hydrogen-bond acceptors (Lipinski definition) is 4. The normalized spacial score (nSPS) is 27.0. The fourth-order valence-electron chi connectivity index (χ4n) is 3.15. The van der Waals surface area contributed by atoms with E-state index in [1.54, 1.807) is 0 Å². The van der Waals surface area contributed by atoms with E-state index in [-0.39, 0.29) is 34.6 Å². The lowest BCUT2D eigenvalue weighted by Gasteiger charge is -2.24. The maximum atomic E-state index is 12.2. The average molecular weight is 367 g/mol. The molecule has 1 aromatic carbocycles. The molecular formula is C17H22N2O3S2. The van der Waals surface area contributed by atoms with E-state index in [4.69, 9.17) is 0 Å². The number of hydrogen-bond donors (Lipinski definition) is 0. The molecule has 0 spiro atoms. The van der Waals surface area contributed by atoms with E-state index < -0.39 is 9.84 Å². The van der Waals surface area contributed by atoms with Gasteiger partial charge in [0.25, 0.3) is 0 Å². The first-order valence-electron chi connectivity index (χ1n) is 8.09. The van der Waals surface area contributed by atoms with Crippen LogP contribution in [-0.4, -0.2) is 42.3 Å². The van der Waals surface area contributed by atoms with Crippen molar-refractivity contribution in [2.45, 2.75) is 38.5 Å². The molecule has 130 valence electrons. The van der Waals surface area contributed by atoms with E-state index in [0.717, 1.165) is 11.3 Å². The quantitative estimate of drug-likeness (QED) is 0.823. The summed E-state index contributed by atoms with van der Waals surface area (Å²) >= 11 is 1.42. The highest BCUT2D eigenvalue weighted by Gasteiger charge is 2.49. The van der Waals surface area contributed by atoms with E-state index in [1.165, 1.54) is 11.8 Å². The molecule has 2 aliphatic rings. The number of aryl methyl sites for hydroxylation is 1. The lowest BCUT2D eigenvalue weighted by Crippen LogP contribution is -2.37. The van der Waals surface area contributed by atoms with Gasteiger partial charge in [0.05, 0.1) is 17.5 Å². The minimum Gasteiger partial charge on any atom is -0.316 e. The van der Waals surface area contributed by atoms with Gasteiger partial charge in [-0.2, -0.15) is 4.99 Å². The van der Waals surface area contributed by atoms with Crippen molar-refractivity contribution >= 4 is 38.4 Å². The number of amides is 1. The Morgan fingerprint density at radius 1 is 1.38 bits per heavy atom. The number of aliphatic imine (C=N–C) groups is 1. The Morgan fingerprint density at radius 2 is 2.12 bits per heavy atom. The fraction of sp³-hybridized carbons (Fsp3) is 0.529. The molecule has 24 heavy (non-hydrogen) atoms. The Bertz CT molecular complexity index is 787. The maximum Gasteiger partial charge on any atom is 0.248 e. The smallest absolute Gasteiger partial charge is 0.248 e. The molecule has 7 heteroatoms. The van der Waals surface area contributed by atoms with Crippen LogP contribution in [-0.2, 0) is 14.6 Å². The van der Waals surface area contributed by atoms with Gasteiger partial charge in [-0.3, -0.25) is 4.79 Å². The van der Waals surface area contributed by atoms with E-state index >= 15 is 0 Å². The molecule has 2 atom stereocenters. The molecule has 1 amide bonds. The van der Waals surface area contributed by atoms with Crippen LogP contribution in [0.3, 0.4) is 0 Å². The predicted octanol–water partition coefficient (Wildman–Crippen LogP) is 2.64. The lowest BCUT2D eigenvalue weighted by atomic mass is 10.1. The van der Waals surface area contributed by atoms with Crippen molar-refractivity contribution in [3.63, 3.8) is 0 Å². The second-order valence-corrected chi connectivity index (χ2v) is 10.3. The molecule has 2 fully saturated rings. The predicted molar refractivity (Wildman–Crippen MR) is 99.4 cm³/mol. The molecule has 5 nitrogen and oxygen atoms in total. The number of fused-ring (bicyclic) bond motifs is 1. The van der Waals surface area contributed by atoms with Crippen LogP contribution in [0.15, 0.2) is 29.3 Å². The second-order valence-electron chi connectivity index (χ2n) is 6.90.